The highest BCUT2D eigenvalue weighted by Gasteiger charge is 2.29. The lowest BCUT2D eigenvalue weighted by atomic mass is 10.0. The molecule has 1 N–H and O–H groups in total. The highest BCUT2D eigenvalue weighted by Crippen LogP contribution is 2.31. The number of hydrogen-bond acceptors (Lipinski definition) is 5. The monoisotopic (exact) mass is 420 g/mol. The molecule has 9 heteroatoms. The second-order valence-corrected chi connectivity index (χ2v) is 8.68. The van der Waals surface area contributed by atoms with Crippen LogP contribution in [0.3, 0.4) is 0 Å². The fraction of sp³-hybridized carbons (Fsp3) is 0.200. The van der Waals surface area contributed by atoms with Gasteiger partial charge in [-0.2, -0.15) is 0 Å². The van der Waals surface area contributed by atoms with E-state index < -0.39 is 38.4 Å². The maximum Gasteiger partial charge on any atom is 0.226 e. The van der Waals surface area contributed by atoms with Crippen LogP contribution in [-0.4, -0.2) is 25.2 Å². The lowest BCUT2D eigenvalue weighted by molar-refractivity contribution is -0.115. The van der Waals surface area contributed by atoms with Crippen LogP contribution in [0.15, 0.2) is 59.1 Å². The second-order valence-electron chi connectivity index (χ2n) is 6.47. The molecule has 1 aromatic heterocycles. The van der Waals surface area contributed by atoms with Gasteiger partial charge in [0.25, 0.3) is 0 Å². The van der Waals surface area contributed by atoms with E-state index in [4.69, 9.17) is 4.52 Å². The van der Waals surface area contributed by atoms with Crippen LogP contribution >= 0.6 is 0 Å². The Balaban J connectivity index is 1.82. The van der Waals surface area contributed by atoms with Gasteiger partial charge in [-0.05, 0) is 42.3 Å². The molecular formula is C20H18F2N2O4S. The second kappa shape index (κ2) is 8.52. The molecule has 0 aliphatic heterocycles. The highest BCUT2D eigenvalue weighted by atomic mass is 32.2. The summed E-state index contributed by atoms with van der Waals surface area (Å²) in [6.45, 7) is 1.66. The van der Waals surface area contributed by atoms with Crippen molar-refractivity contribution < 1.29 is 26.5 Å². The maximum atomic E-state index is 13.3. The number of benzene rings is 2. The van der Waals surface area contributed by atoms with E-state index in [1.165, 1.54) is 30.3 Å². The Bertz CT molecular complexity index is 1050. The third-order valence-corrected chi connectivity index (χ3v) is 6.25. The van der Waals surface area contributed by atoms with Crippen LogP contribution in [0.25, 0.3) is 0 Å². The number of amides is 1. The first kappa shape index (κ1) is 20.7. The molecule has 6 nitrogen and oxygen atoms in total. The van der Waals surface area contributed by atoms with Gasteiger partial charge in [0.2, 0.25) is 5.91 Å². The maximum absolute atomic E-state index is 13.3. The number of rotatable bonds is 7. The number of aromatic nitrogens is 1. The molecule has 0 radical (unpaired) electrons. The Labute approximate surface area is 166 Å². The average molecular weight is 420 g/mol. The first-order valence-electron chi connectivity index (χ1n) is 8.70. The molecule has 152 valence electrons. The predicted molar refractivity (Wildman–Crippen MR) is 103 cm³/mol. The summed E-state index contributed by atoms with van der Waals surface area (Å²) in [5.74, 6) is -1.33. The average Bonchev–Trinajstić information content (AvgIpc) is 3.08. The Morgan fingerprint density at radius 1 is 1.03 bits per heavy atom. The van der Waals surface area contributed by atoms with Crippen molar-refractivity contribution in [3.8, 4) is 0 Å². The molecule has 0 aliphatic rings. The molecule has 0 saturated carbocycles. The van der Waals surface area contributed by atoms with E-state index in [9.17, 15) is 22.0 Å². The first-order valence-corrected chi connectivity index (χ1v) is 10.4. The summed E-state index contributed by atoms with van der Waals surface area (Å²) in [5.41, 5.74) is 0.649. The van der Waals surface area contributed by atoms with E-state index in [-0.39, 0.29) is 12.2 Å². The lowest BCUT2D eigenvalue weighted by Gasteiger charge is -2.19. The smallest absolute Gasteiger partial charge is 0.226 e. The van der Waals surface area contributed by atoms with E-state index in [2.05, 4.69) is 10.5 Å². The third kappa shape index (κ3) is 5.26. The van der Waals surface area contributed by atoms with Crippen LogP contribution in [0, 0.1) is 18.6 Å². The van der Waals surface area contributed by atoms with E-state index in [1.54, 1.807) is 6.92 Å². The Morgan fingerprint density at radius 3 is 2.00 bits per heavy atom. The van der Waals surface area contributed by atoms with Gasteiger partial charge in [0.05, 0.1) is 5.75 Å². The normalized spacial score (nSPS) is 11.6. The summed E-state index contributed by atoms with van der Waals surface area (Å²) in [7, 11) is -3.89. The van der Waals surface area contributed by atoms with Gasteiger partial charge in [-0.3, -0.25) is 4.79 Å². The molecule has 0 bridgehead atoms. The Kier molecular flexibility index (Phi) is 6.07. The number of carbonyl (C=O) groups excluding carboxylic acids is 1. The zero-order valence-corrected chi connectivity index (χ0v) is 16.2. The summed E-state index contributed by atoms with van der Waals surface area (Å²) < 4.78 is 57.6. The van der Waals surface area contributed by atoms with Crippen LogP contribution in [0.1, 0.15) is 28.6 Å². The minimum Gasteiger partial charge on any atom is -0.360 e. The predicted octanol–water partition coefficient (Wildman–Crippen LogP) is 3.79. The van der Waals surface area contributed by atoms with Gasteiger partial charge in [-0.1, -0.05) is 29.4 Å². The molecule has 3 aromatic rings. The zero-order valence-electron chi connectivity index (χ0n) is 15.4. The number of anilines is 1. The fourth-order valence-corrected chi connectivity index (χ4v) is 4.71. The third-order valence-electron chi connectivity index (χ3n) is 4.21. The first-order chi connectivity index (χ1) is 13.7. The van der Waals surface area contributed by atoms with E-state index in [0.717, 1.165) is 24.3 Å². The summed E-state index contributed by atoms with van der Waals surface area (Å²) >= 11 is 0. The van der Waals surface area contributed by atoms with E-state index in [0.29, 0.717) is 16.9 Å². The number of nitrogens with one attached hydrogen (secondary N) is 1. The van der Waals surface area contributed by atoms with Crippen LogP contribution in [0.2, 0.25) is 0 Å². The minimum atomic E-state index is -3.89. The number of hydrogen-bond donors (Lipinski definition) is 1. The summed E-state index contributed by atoms with van der Waals surface area (Å²) in [6.07, 6.45) is -0.312. The minimum absolute atomic E-state index is 0.193. The van der Waals surface area contributed by atoms with Crippen molar-refractivity contribution in [2.24, 2.45) is 0 Å². The van der Waals surface area contributed by atoms with Crippen LogP contribution in [-0.2, 0) is 14.6 Å². The largest absolute Gasteiger partial charge is 0.360 e. The molecular weight excluding hydrogens is 402 g/mol. The molecule has 29 heavy (non-hydrogen) atoms. The van der Waals surface area contributed by atoms with Gasteiger partial charge in [-0.15, -0.1) is 0 Å². The van der Waals surface area contributed by atoms with Crippen molar-refractivity contribution in [3.05, 3.63) is 83.1 Å². The van der Waals surface area contributed by atoms with Crippen molar-refractivity contribution in [2.45, 2.75) is 18.6 Å². The highest BCUT2D eigenvalue weighted by molar-refractivity contribution is 7.91. The van der Waals surface area contributed by atoms with Gasteiger partial charge >= 0.3 is 0 Å². The van der Waals surface area contributed by atoms with Crippen molar-refractivity contribution in [1.29, 1.82) is 0 Å². The fourth-order valence-electron chi connectivity index (χ4n) is 2.87. The zero-order chi connectivity index (χ0) is 21.0. The topological polar surface area (TPSA) is 89.3 Å². The van der Waals surface area contributed by atoms with Crippen LogP contribution in [0.5, 0.6) is 0 Å². The van der Waals surface area contributed by atoms with E-state index in [1.807, 2.05) is 0 Å². The quantitative estimate of drug-likeness (QED) is 0.628. The standard InChI is InChI=1S/C20H18F2N2O4S/c1-13-12-18(24-28-13)23-19(25)10-11-29(26,27)20(14-2-6-16(21)7-3-14)15-4-8-17(22)9-5-15/h2-9,12,20H,10-11H2,1H3,(H,23,24,25). The summed E-state index contributed by atoms with van der Waals surface area (Å²) in [5, 5.41) is 4.92. The Morgan fingerprint density at radius 2 is 1.55 bits per heavy atom. The molecule has 0 aliphatic carbocycles. The summed E-state index contributed by atoms with van der Waals surface area (Å²) in [4.78, 5) is 12.1. The number of halogens is 2. The SMILES string of the molecule is Cc1cc(NC(=O)CCS(=O)(=O)C(c2ccc(F)cc2)c2ccc(F)cc2)no1. The molecule has 2 aromatic carbocycles. The van der Waals surface area contributed by atoms with Gasteiger partial charge in [0, 0.05) is 12.5 Å². The summed E-state index contributed by atoms with van der Waals surface area (Å²) in [6, 6.07) is 11.6. The van der Waals surface area contributed by atoms with Crippen LogP contribution in [0.4, 0.5) is 14.6 Å². The van der Waals surface area contributed by atoms with Gasteiger partial charge < -0.3 is 9.84 Å². The molecule has 1 amide bonds. The lowest BCUT2D eigenvalue weighted by Crippen LogP contribution is -2.22. The van der Waals surface area contributed by atoms with Crippen molar-refractivity contribution in [3.63, 3.8) is 0 Å². The molecule has 3 rings (SSSR count). The molecule has 0 unspecified atom stereocenters. The van der Waals surface area contributed by atoms with Gasteiger partial charge in [0.1, 0.15) is 22.6 Å². The molecule has 1 heterocycles. The van der Waals surface area contributed by atoms with Crippen molar-refractivity contribution in [2.75, 3.05) is 11.1 Å². The van der Waals surface area contributed by atoms with Gasteiger partial charge in [0.15, 0.2) is 15.7 Å². The van der Waals surface area contributed by atoms with Crippen molar-refractivity contribution >= 4 is 21.6 Å². The van der Waals surface area contributed by atoms with E-state index >= 15 is 0 Å². The number of sulfone groups is 1. The molecule has 0 spiro atoms. The Hall–Kier alpha value is -3.07. The number of aryl methyl sites for hydroxylation is 1. The van der Waals surface area contributed by atoms with Gasteiger partial charge in [-0.25, -0.2) is 17.2 Å². The van der Waals surface area contributed by atoms with Crippen molar-refractivity contribution in [1.82, 2.24) is 5.16 Å². The number of nitrogens with zero attached hydrogens (tertiary/aromatic N) is 1. The molecule has 0 fully saturated rings. The molecule has 0 atom stereocenters. The van der Waals surface area contributed by atoms with Crippen LogP contribution < -0.4 is 5.32 Å². The molecule has 0 saturated heterocycles. The number of carbonyl (C=O) groups is 1.